The molecule has 4 fully saturated rings. The number of carbonyl (C=O) groups excluding carboxylic acids is 3. The lowest BCUT2D eigenvalue weighted by molar-refractivity contribution is -0.356. The molecule has 0 aromatic heterocycles. The number of carboxylic acid groups (broad SMARTS) is 1. The lowest BCUT2D eigenvalue weighted by Crippen LogP contribution is -2.73. The molecule has 7 heteroatoms. The Morgan fingerprint density at radius 1 is 1.10 bits per heavy atom. The van der Waals surface area contributed by atoms with Gasteiger partial charge in [-0.2, -0.15) is 0 Å². The number of hydrogen-bond donors (Lipinski definition) is 1. The van der Waals surface area contributed by atoms with Gasteiger partial charge in [0.05, 0.1) is 5.60 Å². The molecule has 7 atom stereocenters. The van der Waals surface area contributed by atoms with Gasteiger partial charge >= 0.3 is 5.97 Å². The molecular weight excluding hydrogens is 388 g/mol. The van der Waals surface area contributed by atoms with Gasteiger partial charge in [0, 0.05) is 24.2 Å². The molecule has 7 nitrogen and oxygen atoms in total. The third kappa shape index (κ3) is 2.08. The summed E-state index contributed by atoms with van der Waals surface area (Å²) >= 11 is 0. The standard InChI is InChI=1S/C23H28O7/c1-12-29-22-8-9-23(30-12,18(26)19(27)28)21(22,3)11-16(25)17-15(22)5-4-13-10-14(24)6-7-20(13,17)2/h10,12,15,17H,4-9,11H2,1-3H3,(H,27,28)/t12?,15-,17-,20+,21+,22-,23-/m1/s1. The average Bonchev–Trinajstić information content (AvgIpc) is 2.80. The van der Waals surface area contributed by atoms with Crippen LogP contribution in [0.3, 0.4) is 0 Å². The highest BCUT2D eigenvalue weighted by molar-refractivity contribution is 6.36. The van der Waals surface area contributed by atoms with Crippen molar-refractivity contribution in [2.45, 2.75) is 83.2 Å². The first-order chi connectivity index (χ1) is 14.0. The summed E-state index contributed by atoms with van der Waals surface area (Å²) in [6, 6.07) is 0. The van der Waals surface area contributed by atoms with Gasteiger partial charge in [-0.3, -0.25) is 14.4 Å². The highest BCUT2D eigenvalue weighted by atomic mass is 16.7. The molecule has 2 bridgehead atoms. The van der Waals surface area contributed by atoms with E-state index in [-0.39, 0.29) is 36.2 Å². The van der Waals surface area contributed by atoms with Gasteiger partial charge in [-0.25, -0.2) is 4.79 Å². The molecule has 1 unspecified atom stereocenters. The smallest absolute Gasteiger partial charge is 0.375 e. The first-order valence-corrected chi connectivity index (χ1v) is 10.9. The number of Topliss-reactive ketones (excluding diaryl/α,β-unsaturated/α-hetero) is 2. The Kier molecular flexibility index (Phi) is 3.94. The number of carboxylic acids is 1. The number of rotatable bonds is 2. The minimum absolute atomic E-state index is 0.0341. The molecule has 1 heterocycles. The monoisotopic (exact) mass is 416 g/mol. The van der Waals surface area contributed by atoms with E-state index in [2.05, 4.69) is 6.92 Å². The average molecular weight is 416 g/mol. The molecule has 1 aliphatic heterocycles. The molecule has 3 saturated carbocycles. The Bertz CT molecular complexity index is 921. The van der Waals surface area contributed by atoms with Gasteiger partial charge in [-0.1, -0.05) is 19.4 Å². The van der Waals surface area contributed by atoms with Gasteiger partial charge in [0.1, 0.15) is 11.4 Å². The van der Waals surface area contributed by atoms with Crippen LogP contribution >= 0.6 is 0 Å². The summed E-state index contributed by atoms with van der Waals surface area (Å²) in [6.07, 6.45) is 4.27. The molecule has 4 aliphatic carbocycles. The second-order valence-electron chi connectivity index (χ2n) is 10.3. The Morgan fingerprint density at radius 3 is 2.53 bits per heavy atom. The minimum atomic E-state index is -1.54. The van der Waals surface area contributed by atoms with Crippen LogP contribution in [0.4, 0.5) is 0 Å². The van der Waals surface area contributed by atoms with Gasteiger partial charge < -0.3 is 14.6 Å². The Morgan fingerprint density at radius 2 is 1.83 bits per heavy atom. The second kappa shape index (κ2) is 5.88. The maximum absolute atomic E-state index is 13.7. The molecule has 162 valence electrons. The number of ketones is 3. The van der Waals surface area contributed by atoms with Crippen molar-refractivity contribution in [1.82, 2.24) is 0 Å². The van der Waals surface area contributed by atoms with E-state index in [1.165, 1.54) is 0 Å². The molecule has 0 amide bonds. The number of hydrogen-bond acceptors (Lipinski definition) is 6. The molecule has 0 aromatic carbocycles. The SMILES string of the molecule is CC1O[C@@]2(C(=O)C(=O)O)CC[C@@]3(O1)[C@@H]1CCC4=CC(=O)CC[C@]4(C)[C@H]1C(=O)C[C@]23C. The molecular formula is C23H28O7. The van der Waals surface area contributed by atoms with E-state index in [1.807, 2.05) is 6.92 Å². The predicted octanol–water partition coefficient (Wildman–Crippen LogP) is 2.61. The number of fused-ring (bicyclic) bond motifs is 3. The molecule has 0 radical (unpaired) electrons. The molecule has 1 saturated heterocycles. The van der Waals surface area contributed by atoms with E-state index in [0.29, 0.717) is 32.1 Å². The van der Waals surface area contributed by atoms with E-state index < -0.39 is 40.1 Å². The van der Waals surface area contributed by atoms with E-state index >= 15 is 0 Å². The maximum atomic E-state index is 13.7. The zero-order valence-corrected chi connectivity index (χ0v) is 17.7. The van der Waals surface area contributed by atoms with Crippen LogP contribution in [0, 0.1) is 22.7 Å². The fraction of sp³-hybridized carbons (Fsp3) is 0.739. The third-order valence-corrected chi connectivity index (χ3v) is 9.22. The van der Waals surface area contributed by atoms with Crippen molar-refractivity contribution in [2.75, 3.05) is 0 Å². The molecule has 0 spiro atoms. The van der Waals surface area contributed by atoms with E-state index in [1.54, 1.807) is 13.0 Å². The van der Waals surface area contributed by atoms with Crippen molar-refractivity contribution in [3.63, 3.8) is 0 Å². The van der Waals surface area contributed by atoms with Crippen LogP contribution in [-0.4, -0.2) is 45.9 Å². The van der Waals surface area contributed by atoms with Crippen molar-refractivity contribution >= 4 is 23.3 Å². The quantitative estimate of drug-likeness (QED) is 0.690. The number of allylic oxidation sites excluding steroid dienone is 1. The van der Waals surface area contributed by atoms with Crippen molar-refractivity contribution in [1.29, 1.82) is 0 Å². The highest BCUT2D eigenvalue weighted by Gasteiger charge is 2.80. The number of carbonyl (C=O) groups is 4. The first kappa shape index (κ1) is 20.1. The summed E-state index contributed by atoms with van der Waals surface area (Å²) in [5, 5.41) is 9.56. The topological polar surface area (TPSA) is 107 Å². The Labute approximate surface area is 175 Å². The van der Waals surface area contributed by atoms with Crippen LogP contribution in [0.2, 0.25) is 0 Å². The maximum Gasteiger partial charge on any atom is 0.375 e. The fourth-order valence-corrected chi connectivity index (χ4v) is 7.95. The molecule has 0 aromatic rings. The minimum Gasteiger partial charge on any atom is -0.475 e. The summed E-state index contributed by atoms with van der Waals surface area (Å²) in [7, 11) is 0. The van der Waals surface area contributed by atoms with E-state index in [4.69, 9.17) is 9.47 Å². The highest BCUT2D eigenvalue weighted by Crippen LogP contribution is 2.72. The van der Waals surface area contributed by atoms with Crippen LogP contribution in [-0.2, 0) is 28.7 Å². The summed E-state index contributed by atoms with van der Waals surface area (Å²) in [4.78, 5) is 50.4. The van der Waals surface area contributed by atoms with Crippen molar-refractivity contribution in [2.24, 2.45) is 22.7 Å². The molecule has 5 aliphatic rings. The van der Waals surface area contributed by atoms with Crippen LogP contribution in [0.15, 0.2) is 11.6 Å². The van der Waals surface area contributed by atoms with Crippen LogP contribution in [0.1, 0.15) is 65.7 Å². The largest absolute Gasteiger partial charge is 0.475 e. The van der Waals surface area contributed by atoms with Crippen LogP contribution in [0.5, 0.6) is 0 Å². The van der Waals surface area contributed by atoms with Crippen LogP contribution < -0.4 is 0 Å². The van der Waals surface area contributed by atoms with Crippen molar-refractivity contribution in [3.05, 3.63) is 11.6 Å². The van der Waals surface area contributed by atoms with E-state index in [9.17, 15) is 24.3 Å². The summed E-state index contributed by atoms with van der Waals surface area (Å²) in [5.41, 5.74) is -2.69. The molecule has 1 N–H and O–H groups in total. The normalized spacial score (nSPS) is 49.6. The van der Waals surface area contributed by atoms with Gasteiger partial charge in [0.2, 0.25) is 0 Å². The number of ether oxygens (including phenoxy) is 2. The summed E-state index contributed by atoms with van der Waals surface area (Å²) in [6.45, 7) is 5.61. The van der Waals surface area contributed by atoms with E-state index in [0.717, 1.165) is 5.57 Å². The second-order valence-corrected chi connectivity index (χ2v) is 10.3. The molecule has 5 rings (SSSR count). The van der Waals surface area contributed by atoms with Gasteiger partial charge in [-0.05, 0) is 56.4 Å². The van der Waals surface area contributed by atoms with Gasteiger partial charge in [0.25, 0.3) is 5.78 Å². The number of aliphatic carboxylic acids is 1. The van der Waals surface area contributed by atoms with Crippen molar-refractivity contribution < 1.29 is 33.8 Å². The fourth-order valence-electron chi connectivity index (χ4n) is 7.95. The zero-order valence-electron chi connectivity index (χ0n) is 17.7. The third-order valence-electron chi connectivity index (χ3n) is 9.22. The Hall–Kier alpha value is -1.86. The van der Waals surface area contributed by atoms with Crippen LogP contribution in [0.25, 0.3) is 0 Å². The van der Waals surface area contributed by atoms with Crippen molar-refractivity contribution in [3.8, 4) is 0 Å². The Balaban J connectivity index is 1.67. The molecule has 30 heavy (non-hydrogen) atoms. The lowest BCUT2D eigenvalue weighted by Gasteiger charge is -2.65. The lowest BCUT2D eigenvalue weighted by atomic mass is 9.44. The van der Waals surface area contributed by atoms with Gasteiger partial charge in [-0.15, -0.1) is 0 Å². The predicted molar refractivity (Wildman–Crippen MR) is 103 cm³/mol. The zero-order chi connectivity index (χ0) is 21.7. The first-order valence-electron chi connectivity index (χ1n) is 10.9. The van der Waals surface area contributed by atoms with Gasteiger partial charge in [0.15, 0.2) is 12.1 Å². The summed E-state index contributed by atoms with van der Waals surface area (Å²) < 4.78 is 12.5. The summed E-state index contributed by atoms with van der Waals surface area (Å²) in [5.74, 6) is -2.77.